The third-order valence-electron chi connectivity index (χ3n) is 3.39. The summed E-state index contributed by atoms with van der Waals surface area (Å²) in [4.78, 5) is 20.5. The van der Waals surface area contributed by atoms with Gasteiger partial charge in [-0.15, -0.1) is 0 Å². The van der Waals surface area contributed by atoms with Crippen LogP contribution < -0.4 is 10.6 Å². The fourth-order valence-corrected chi connectivity index (χ4v) is 2.40. The molecule has 0 unspecified atom stereocenters. The Hall–Kier alpha value is -3.14. The number of hydrogen-bond donors (Lipinski definition) is 2. The van der Waals surface area contributed by atoms with E-state index in [9.17, 15) is 4.79 Å². The van der Waals surface area contributed by atoms with Gasteiger partial charge in [-0.25, -0.2) is 9.97 Å². The molecule has 0 radical (unpaired) electrons. The molecule has 6 nitrogen and oxygen atoms in total. The van der Waals surface area contributed by atoms with E-state index >= 15 is 0 Å². The van der Waals surface area contributed by atoms with Gasteiger partial charge in [0.25, 0.3) is 5.91 Å². The highest BCUT2D eigenvalue weighted by atomic mass is 35.5. The van der Waals surface area contributed by atoms with Crippen molar-refractivity contribution < 1.29 is 4.79 Å². The molecule has 2 aromatic carbocycles. The standard InChI is InChI=1S/C18H11Cl2N5O/c19-14-6-5-13(7-15(14)20)24-18-22-9-12(10-23-18)17(26)25-16-4-2-1-3-11(16)8-21/h1-7,9-10H,(H,25,26)(H,22,23,24). The van der Waals surface area contributed by atoms with Crippen molar-refractivity contribution in [1.82, 2.24) is 9.97 Å². The fraction of sp³-hybridized carbons (Fsp3) is 0. The Bertz CT molecular complexity index is 999. The highest BCUT2D eigenvalue weighted by Gasteiger charge is 2.10. The molecule has 0 aliphatic carbocycles. The van der Waals surface area contributed by atoms with Crippen molar-refractivity contribution >= 4 is 46.4 Å². The topological polar surface area (TPSA) is 90.7 Å². The van der Waals surface area contributed by atoms with Crippen molar-refractivity contribution in [2.24, 2.45) is 0 Å². The number of carbonyl (C=O) groups excluding carboxylic acids is 1. The molecule has 0 aliphatic rings. The van der Waals surface area contributed by atoms with Crippen molar-refractivity contribution in [3.05, 3.63) is 76.0 Å². The smallest absolute Gasteiger partial charge is 0.258 e. The molecular weight excluding hydrogens is 373 g/mol. The molecule has 0 saturated heterocycles. The fourth-order valence-electron chi connectivity index (χ4n) is 2.10. The van der Waals surface area contributed by atoms with E-state index in [4.69, 9.17) is 28.5 Å². The molecule has 1 amide bonds. The Balaban J connectivity index is 1.71. The van der Waals surface area contributed by atoms with Crippen LogP contribution in [0.5, 0.6) is 0 Å². The summed E-state index contributed by atoms with van der Waals surface area (Å²) in [6.45, 7) is 0. The molecule has 0 spiro atoms. The maximum absolute atomic E-state index is 12.3. The Kier molecular flexibility index (Phi) is 5.32. The summed E-state index contributed by atoms with van der Waals surface area (Å²) >= 11 is 11.8. The second-order valence-corrected chi connectivity index (χ2v) is 5.98. The molecular formula is C18H11Cl2N5O. The van der Waals surface area contributed by atoms with Gasteiger partial charge in [0.15, 0.2) is 0 Å². The van der Waals surface area contributed by atoms with E-state index in [0.29, 0.717) is 32.9 Å². The first-order valence-corrected chi connectivity index (χ1v) is 8.17. The maximum Gasteiger partial charge on any atom is 0.258 e. The number of carbonyl (C=O) groups is 1. The molecule has 3 aromatic rings. The second-order valence-electron chi connectivity index (χ2n) is 5.16. The Morgan fingerprint density at radius 2 is 1.77 bits per heavy atom. The molecule has 1 aromatic heterocycles. The van der Waals surface area contributed by atoms with Crippen LogP contribution >= 0.6 is 23.2 Å². The number of nitrogens with zero attached hydrogens (tertiary/aromatic N) is 3. The van der Waals surface area contributed by atoms with Crippen molar-refractivity contribution in [2.45, 2.75) is 0 Å². The number of benzene rings is 2. The zero-order valence-corrected chi connectivity index (χ0v) is 14.7. The quantitative estimate of drug-likeness (QED) is 0.683. The van der Waals surface area contributed by atoms with E-state index in [1.165, 1.54) is 12.4 Å². The lowest BCUT2D eigenvalue weighted by atomic mass is 10.2. The normalized spacial score (nSPS) is 10.0. The Morgan fingerprint density at radius 1 is 1.04 bits per heavy atom. The molecule has 0 saturated carbocycles. The van der Waals surface area contributed by atoms with E-state index in [0.717, 1.165) is 0 Å². The summed E-state index contributed by atoms with van der Waals surface area (Å²) in [6, 6.07) is 13.8. The van der Waals surface area contributed by atoms with E-state index in [2.05, 4.69) is 20.6 Å². The molecule has 3 rings (SSSR count). The van der Waals surface area contributed by atoms with Crippen LogP contribution in [0.3, 0.4) is 0 Å². The predicted molar refractivity (Wildman–Crippen MR) is 101 cm³/mol. The van der Waals surface area contributed by atoms with Gasteiger partial charge in [0.1, 0.15) is 6.07 Å². The number of amides is 1. The minimum atomic E-state index is -0.409. The summed E-state index contributed by atoms with van der Waals surface area (Å²) < 4.78 is 0. The minimum absolute atomic E-state index is 0.262. The van der Waals surface area contributed by atoms with Crippen LogP contribution in [0.2, 0.25) is 10.0 Å². The summed E-state index contributed by atoms with van der Waals surface area (Å²) in [6.07, 6.45) is 2.77. The first kappa shape index (κ1) is 17.7. The molecule has 2 N–H and O–H groups in total. The van der Waals surface area contributed by atoms with Crippen molar-refractivity contribution in [3.63, 3.8) is 0 Å². The van der Waals surface area contributed by atoms with Crippen LogP contribution in [0.1, 0.15) is 15.9 Å². The minimum Gasteiger partial charge on any atom is -0.324 e. The van der Waals surface area contributed by atoms with Crippen LogP contribution in [0.15, 0.2) is 54.9 Å². The molecule has 0 aliphatic heterocycles. The highest BCUT2D eigenvalue weighted by Crippen LogP contribution is 2.26. The van der Waals surface area contributed by atoms with Crippen LogP contribution in [-0.2, 0) is 0 Å². The van der Waals surface area contributed by atoms with Gasteiger partial charge in [0.05, 0.1) is 26.9 Å². The molecule has 1 heterocycles. The van der Waals surface area contributed by atoms with Gasteiger partial charge in [-0.2, -0.15) is 5.26 Å². The number of hydrogen-bond acceptors (Lipinski definition) is 5. The van der Waals surface area contributed by atoms with Gasteiger partial charge < -0.3 is 10.6 Å². The predicted octanol–water partition coefficient (Wildman–Crippen LogP) is 4.65. The number of nitrogens with one attached hydrogen (secondary N) is 2. The summed E-state index contributed by atoms with van der Waals surface area (Å²) in [5.41, 5.74) is 1.73. The SMILES string of the molecule is N#Cc1ccccc1NC(=O)c1cnc(Nc2ccc(Cl)c(Cl)c2)nc1. The zero-order valence-electron chi connectivity index (χ0n) is 13.2. The van der Waals surface area contributed by atoms with Crippen LogP contribution in [0, 0.1) is 11.3 Å². The summed E-state index contributed by atoms with van der Waals surface area (Å²) in [7, 11) is 0. The average molecular weight is 384 g/mol. The van der Waals surface area contributed by atoms with Crippen LogP contribution in [0.25, 0.3) is 0 Å². The van der Waals surface area contributed by atoms with Gasteiger partial charge >= 0.3 is 0 Å². The first-order chi connectivity index (χ1) is 12.6. The van der Waals surface area contributed by atoms with Gasteiger partial charge in [-0.3, -0.25) is 4.79 Å². The van der Waals surface area contributed by atoms with Crippen molar-refractivity contribution in [1.29, 1.82) is 5.26 Å². The van der Waals surface area contributed by atoms with Crippen LogP contribution in [-0.4, -0.2) is 15.9 Å². The molecule has 8 heteroatoms. The number of halogens is 2. The van der Waals surface area contributed by atoms with E-state index in [1.54, 1.807) is 42.5 Å². The van der Waals surface area contributed by atoms with Gasteiger partial charge in [-0.05, 0) is 30.3 Å². The number of anilines is 3. The van der Waals surface area contributed by atoms with Gasteiger partial charge in [-0.1, -0.05) is 35.3 Å². The summed E-state index contributed by atoms with van der Waals surface area (Å²) in [5.74, 6) is -0.105. The lowest BCUT2D eigenvalue weighted by molar-refractivity contribution is 0.102. The first-order valence-electron chi connectivity index (χ1n) is 7.41. The molecule has 128 valence electrons. The molecule has 0 fully saturated rings. The third kappa shape index (κ3) is 4.09. The van der Waals surface area contributed by atoms with Crippen molar-refractivity contribution in [3.8, 4) is 6.07 Å². The Morgan fingerprint density at radius 3 is 2.46 bits per heavy atom. The maximum atomic E-state index is 12.3. The molecule has 0 atom stereocenters. The molecule has 26 heavy (non-hydrogen) atoms. The summed E-state index contributed by atoms with van der Waals surface area (Å²) in [5, 5.41) is 15.5. The largest absolute Gasteiger partial charge is 0.324 e. The van der Waals surface area contributed by atoms with E-state index in [1.807, 2.05) is 6.07 Å². The van der Waals surface area contributed by atoms with Crippen LogP contribution in [0.4, 0.5) is 17.3 Å². The lowest BCUT2D eigenvalue weighted by Crippen LogP contribution is -2.14. The van der Waals surface area contributed by atoms with E-state index in [-0.39, 0.29) is 5.56 Å². The van der Waals surface area contributed by atoms with Gasteiger partial charge in [0, 0.05) is 18.1 Å². The van der Waals surface area contributed by atoms with Crippen molar-refractivity contribution in [2.75, 3.05) is 10.6 Å². The second kappa shape index (κ2) is 7.83. The average Bonchev–Trinajstić information content (AvgIpc) is 2.66. The number of nitriles is 1. The number of para-hydroxylation sites is 1. The number of rotatable bonds is 4. The number of aromatic nitrogens is 2. The lowest BCUT2D eigenvalue weighted by Gasteiger charge is -2.08. The zero-order chi connectivity index (χ0) is 18.5. The third-order valence-corrected chi connectivity index (χ3v) is 4.12. The monoisotopic (exact) mass is 383 g/mol. The van der Waals surface area contributed by atoms with Gasteiger partial charge in [0.2, 0.25) is 5.95 Å². The van der Waals surface area contributed by atoms with E-state index < -0.39 is 5.91 Å². The highest BCUT2D eigenvalue weighted by molar-refractivity contribution is 6.42. The Labute approximate surface area is 159 Å². The molecule has 0 bridgehead atoms.